The quantitative estimate of drug-likeness (QED) is 0.848. The molecule has 1 aromatic heterocycles. The standard InChI is InChI=1S/C12H22N4/c1-3-13-8-12-14-9-16(15-12)11-6-4-10(2)5-7-11/h9-11,13H,3-8H2,1-2H3. The fourth-order valence-corrected chi connectivity index (χ4v) is 2.31. The van der Waals surface area contributed by atoms with Crippen LogP contribution in [-0.4, -0.2) is 21.3 Å². The topological polar surface area (TPSA) is 42.7 Å². The molecule has 2 rings (SSSR count). The number of nitrogens with one attached hydrogen (secondary N) is 1. The van der Waals surface area contributed by atoms with Crippen LogP contribution in [0.4, 0.5) is 0 Å². The third-order valence-electron chi connectivity index (χ3n) is 3.45. The molecule has 4 nitrogen and oxygen atoms in total. The van der Waals surface area contributed by atoms with Gasteiger partial charge in [-0.3, -0.25) is 0 Å². The van der Waals surface area contributed by atoms with Crippen LogP contribution in [0.2, 0.25) is 0 Å². The predicted octanol–water partition coefficient (Wildman–Crippen LogP) is 2.14. The SMILES string of the molecule is CCNCc1ncn(C2CCC(C)CC2)n1. The van der Waals surface area contributed by atoms with Gasteiger partial charge in [0.1, 0.15) is 6.33 Å². The van der Waals surface area contributed by atoms with Crippen molar-refractivity contribution in [1.29, 1.82) is 0 Å². The first kappa shape index (κ1) is 11.6. The molecular formula is C12H22N4. The summed E-state index contributed by atoms with van der Waals surface area (Å²) in [6.45, 7) is 6.19. The molecule has 0 aliphatic heterocycles. The largest absolute Gasteiger partial charge is 0.310 e. The highest BCUT2D eigenvalue weighted by atomic mass is 15.3. The van der Waals surface area contributed by atoms with Crippen molar-refractivity contribution < 1.29 is 0 Å². The van der Waals surface area contributed by atoms with Crippen LogP contribution in [0.3, 0.4) is 0 Å². The fourth-order valence-electron chi connectivity index (χ4n) is 2.31. The Balaban J connectivity index is 1.91. The van der Waals surface area contributed by atoms with Crippen LogP contribution >= 0.6 is 0 Å². The summed E-state index contributed by atoms with van der Waals surface area (Å²) < 4.78 is 2.07. The van der Waals surface area contributed by atoms with E-state index in [4.69, 9.17) is 0 Å². The van der Waals surface area contributed by atoms with Crippen molar-refractivity contribution >= 4 is 0 Å². The van der Waals surface area contributed by atoms with Gasteiger partial charge in [0.05, 0.1) is 12.6 Å². The molecule has 0 atom stereocenters. The zero-order valence-corrected chi connectivity index (χ0v) is 10.3. The lowest BCUT2D eigenvalue weighted by atomic mass is 9.87. The summed E-state index contributed by atoms with van der Waals surface area (Å²) in [6.07, 6.45) is 7.06. The average Bonchev–Trinajstić information content (AvgIpc) is 2.76. The molecule has 0 amide bonds. The monoisotopic (exact) mass is 222 g/mol. The van der Waals surface area contributed by atoms with Crippen molar-refractivity contribution in [2.24, 2.45) is 5.92 Å². The molecular weight excluding hydrogens is 200 g/mol. The van der Waals surface area contributed by atoms with Gasteiger partial charge in [-0.2, -0.15) is 5.10 Å². The number of rotatable bonds is 4. The second-order valence-electron chi connectivity index (χ2n) is 4.83. The lowest BCUT2D eigenvalue weighted by molar-refractivity contribution is 0.272. The fraction of sp³-hybridized carbons (Fsp3) is 0.833. The first-order chi connectivity index (χ1) is 7.79. The molecule has 1 aliphatic carbocycles. The first-order valence-corrected chi connectivity index (χ1v) is 6.40. The molecule has 1 saturated carbocycles. The van der Waals surface area contributed by atoms with Crippen LogP contribution in [0.1, 0.15) is 51.4 Å². The van der Waals surface area contributed by atoms with Crippen LogP contribution < -0.4 is 5.32 Å². The molecule has 1 aromatic rings. The summed E-state index contributed by atoms with van der Waals surface area (Å²) in [7, 11) is 0. The van der Waals surface area contributed by atoms with Crippen LogP contribution in [0.15, 0.2) is 6.33 Å². The summed E-state index contributed by atoms with van der Waals surface area (Å²) in [6, 6.07) is 0.582. The highest BCUT2D eigenvalue weighted by molar-refractivity contribution is 4.84. The highest BCUT2D eigenvalue weighted by Gasteiger charge is 2.20. The summed E-state index contributed by atoms with van der Waals surface area (Å²) in [4.78, 5) is 4.34. The molecule has 0 aromatic carbocycles. The molecule has 1 heterocycles. The predicted molar refractivity (Wildman–Crippen MR) is 64.1 cm³/mol. The van der Waals surface area contributed by atoms with E-state index in [-0.39, 0.29) is 0 Å². The van der Waals surface area contributed by atoms with E-state index < -0.39 is 0 Å². The third kappa shape index (κ3) is 2.82. The summed E-state index contributed by atoms with van der Waals surface area (Å²) in [5.74, 6) is 1.81. The van der Waals surface area contributed by atoms with Crippen molar-refractivity contribution in [2.75, 3.05) is 6.54 Å². The van der Waals surface area contributed by atoms with Crippen molar-refractivity contribution in [3.8, 4) is 0 Å². The lowest BCUT2D eigenvalue weighted by Crippen LogP contribution is -2.18. The Morgan fingerprint density at radius 1 is 1.38 bits per heavy atom. The Morgan fingerprint density at radius 2 is 2.12 bits per heavy atom. The van der Waals surface area contributed by atoms with E-state index in [9.17, 15) is 0 Å². The van der Waals surface area contributed by atoms with E-state index in [2.05, 4.69) is 33.9 Å². The third-order valence-corrected chi connectivity index (χ3v) is 3.45. The van der Waals surface area contributed by atoms with Crippen LogP contribution in [0.5, 0.6) is 0 Å². The summed E-state index contributed by atoms with van der Waals surface area (Å²) >= 11 is 0. The molecule has 90 valence electrons. The van der Waals surface area contributed by atoms with Gasteiger partial charge in [0.2, 0.25) is 0 Å². The molecule has 1 fully saturated rings. The molecule has 0 radical (unpaired) electrons. The zero-order valence-electron chi connectivity index (χ0n) is 10.3. The Morgan fingerprint density at radius 3 is 2.81 bits per heavy atom. The number of hydrogen-bond acceptors (Lipinski definition) is 3. The Hall–Kier alpha value is -0.900. The van der Waals surface area contributed by atoms with E-state index in [0.29, 0.717) is 6.04 Å². The normalized spacial score (nSPS) is 25.9. The van der Waals surface area contributed by atoms with Crippen LogP contribution in [-0.2, 0) is 6.54 Å². The van der Waals surface area contributed by atoms with Gasteiger partial charge in [-0.05, 0) is 38.1 Å². The van der Waals surface area contributed by atoms with Crippen molar-refractivity contribution in [3.05, 3.63) is 12.2 Å². The Labute approximate surface area is 97.5 Å². The highest BCUT2D eigenvalue weighted by Crippen LogP contribution is 2.30. The van der Waals surface area contributed by atoms with Gasteiger partial charge in [-0.25, -0.2) is 9.67 Å². The Kier molecular flexibility index (Phi) is 3.93. The average molecular weight is 222 g/mol. The van der Waals surface area contributed by atoms with E-state index in [0.717, 1.165) is 24.8 Å². The zero-order chi connectivity index (χ0) is 11.4. The smallest absolute Gasteiger partial charge is 0.164 e. The number of aromatic nitrogens is 3. The van der Waals surface area contributed by atoms with Crippen LogP contribution in [0, 0.1) is 5.92 Å². The van der Waals surface area contributed by atoms with Gasteiger partial charge in [0.25, 0.3) is 0 Å². The Bertz CT molecular complexity index is 313. The van der Waals surface area contributed by atoms with Crippen molar-refractivity contribution in [1.82, 2.24) is 20.1 Å². The molecule has 0 spiro atoms. The molecule has 1 aliphatic rings. The van der Waals surface area contributed by atoms with Gasteiger partial charge in [-0.1, -0.05) is 13.8 Å². The van der Waals surface area contributed by atoms with E-state index in [1.807, 2.05) is 6.33 Å². The molecule has 1 N–H and O–H groups in total. The minimum absolute atomic E-state index is 0.582. The molecule has 0 bridgehead atoms. The van der Waals surface area contributed by atoms with E-state index in [1.165, 1.54) is 25.7 Å². The number of hydrogen-bond donors (Lipinski definition) is 1. The lowest BCUT2D eigenvalue weighted by Gasteiger charge is -2.25. The van der Waals surface area contributed by atoms with Crippen molar-refractivity contribution in [3.63, 3.8) is 0 Å². The second-order valence-corrected chi connectivity index (χ2v) is 4.83. The summed E-state index contributed by atoms with van der Waals surface area (Å²) in [5.41, 5.74) is 0. The molecule has 0 saturated heterocycles. The first-order valence-electron chi connectivity index (χ1n) is 6.40. The van der Waals surface area contributed by atoms with E-state index >= 15 is 0 Å². The maximum Gasteiger partial charge on any atom is 0.164 e. The number of nitrogens with zero attached hydrogens (tertiary/aromatic N) is 3. The van der Waals surface area contributed by atoms with Gasteiger partial charge in [0.15, 0.2) is 5.82 Å². The van der Waals surface area contributed by atoms with Gasteiger partial charge in [-0.15, -0.1) is 0 Å². The maximum absolute atomic E-state index is 4.54. The summed E-state index contributed by atoms with van der Waals surface area (Å²) in [5, 5.41) is 7.79. The van der Waals surface area contributed by atoms with Gasteiger partial charge >= 0.3 is 0 Å². The second kappa shape index (κ2) is 5.43. The van der Waals surface area contributed by atoms with Gasteiger partial charge in [0, 0.05) is 0 Å². The molecule has 4 heteroatoms. The van der Waals surface area contributed by atoms with Crippen molar-refractivity contribution in [2.45, 2.75) is 52.1 Å². The van der Waals surface area contributed by atoms with Gasteiger partial charge < -0.3 is 5.32 Å². The molecule has 0 unspecified atom stereocenters. The maximum atomic E-state index is 4.54. The minimum Gasteiger partial charge on any atom is -0.310 e. The van der Waals surface area contributed by atoms with E-state index in [1.54, 1.807) is 0 Å². The van der Waals surface area contributed by atoms with Crippen LogP contribution in [0.25, 0.3) is 0 Å². The minimum atomic E-state index is 0.582. The molecule has 16 heavy (non-hydrogen) atoms.